The Morgan fingerprint density at radius 3 is 1.38 bits per heavy atom. The molecule has 0 fully saturated rings. The number of benzene rings is 1. The van der Waals surface area contributed by atoms with Crippen LogP contribution >= 0.6 is 9.24 Å². The molecule has 0 heterocycles. The van der Waals surface area contributed by atoms with E-state index < -0.39 is 10.1 Å². The molecule has 3 nitrogen and oxygen atoms in total. The molecule has 0 saturated heterocycles. The van der Waals surface area contributed by atoms with Gasteiger partial charge in [0.1, 0.15) is 0 Å². The minimum atomic E-state index is -4.02. The second-order valence-electron chi connectivity index (χ2n) is 9.44. The summed E-state index contributed by atoms with van der Waals surface area (Å²) in [5.74, 6) is 0. The SMILES string of the molecule is CCCCCCCC(P)(CCCCCC)CCCCCC.Cc1ccc(S(=O)(=O)O)cc1. The first-order valence-corrected chi connectivity index (χ1v) is 15.0. The van der Waals surface area contributed by atoms with Gasteiger partial charge in [0.15, 0.2) is 0 Å². The molecular formula is C27H51O3PS. The molecule has 0 saturated carbocycles. The molecule has 1 atom stereocenters. The highest BCUT2D eigenvalue weighted by molar-refractivity contribution is 7.85. The molecule has 1 unspecified atom stereocenters. The Labute approximate surface area is 202 Å². The van der Waals surface area contributed by atoms with E-state index in [0.29, 0.717) is 5.16 Å². The van der Waals surface area contributed by atoms with Gasteiger partial charge in [0.2, 0.25) is 0 Å². The monoisotopic (exact) mass is 486 g/mol. The van der Waals surface area contributed by atoms with Crippen molar-refractivity contribution >= 4 is 19.4 Å². The third-order valence-corrected chi connectivity index (χ3v) is 7.89. The molecule has 0 spiro atoms. The minimum Gasteiger partial charge on any atom is -0.282 e. The average molecular weight is 487 g/mol. The van der Waals surface area contributed by atoms with Crippen molar-refractivity contribution in [2.24, 2.45) is 0 Å². The van der Waals surface area contributed by atoms with Crippen molar-refractivity contribution in [1.82, 2.24) is 0 Å². The van der Waals surface area contributed by atoms with E-state index in [2.05, 4.69) is 30.0 Å². The highest BCUT2D eigenvalue weighted by Crippen LogP contribution is 2.37. The van der Waals surface area contributed by atoms with Gasteiger partial charge in [0.05, 0.1) is 4.90 Å². The van der Waals surface area contributed by atoms with Crippen LogP contribution in [0, 0.1) is 6.92 Å². The summed E-state index contributed by atoms with van der Waals surface area (Å²) in [7, 11) is -0.733. The molecule has 0 aliphatic rings. The van der Waals surface area contributed by atoms with Crippen molar-refractivity contribution in [2.45, 2.75) is 140 Å². The zero-order valence-corrected chi connectivity index (χ0v) is 23.3. The molecule has 0 bridgehead atoms. The van der Waals surface area contributed by atoms with E-state index in [-0.39, 0.29) is 4.90 Å². The molecule has 0 aliphatic carbocycles. The van der Waals surface area contributed by atoms with E-state index in [1.54, 1.807) is 12.1 Å². The lowest BCUT2D eigenvalue weighted by Gasteiger charge is -2.30. The summed E-state index contributed by atoms with van der Waals surface area (Å²) in [6.07, 6.45) is 22.8. The fourth-order valence-corrected chi connectivity index (χ4v) is 5.07. The van der Waals surface area contributed by atoms with Crippen LogP contribution in [0.3, 0.4) is 0 Å². The lowest BCUT2D eigenvalue weighted by Crippen LogP contribution is -2.20. The highest BCUT2D eigenvalue weighted by atomic mass is 32.2. The van der Waals surface area contributed by atoms with Crippen LogP contribution in [0.25, 0.3) is 0 Å². The normalized spacial score (nSPS) is 11.8. The van der Waals surface area contributed by atoms with E-state index in [9.17, 15) is 8.42 Å². The van der Waals surface area contributed by atoms with E-state index in [0.717, 1.165) is 5.56 Å². The van der Waals surface area contributed by atoms with Crippen LogP contribution in [0.2, 0.25) is 0 Å². The lowest BCUT2D eigenvalue weighted by molar-refractivity contribution is 0.405. The van der Waals surface area contributed by atoms with E-state index in [1.165, 1.54) is 115 Å². The molecule has 1 aromatic rings. The third-order valence-electron chi connectivity index (χ3n) is 6.15. The van der Waals surface area contributed by atoms with Gasteiger partial charge >= 0.3 is 0 Å². The Balaban J connectivity index is 0.000000726. The largest absolute Gasteiger partial charge is 0.294 e. The van der Waals surface area contributed by atoms with Crippen LogP contribution in [-0.4, -0.2) is 18.1 Å². The summed E-state index contributed by atoms with van der Waals surface area (Å²) >= 11 is 0. The summed E-state index contributed by atoms with van der Waals surface area (Å²) < 4.78 is 29.6. The van der Waals surface area contributed by atoms with E-state index in [1.807, 2.05) is 6.92 Å². The van der Waals surface area contributed by atoms with Crippen LogP contribution in [0.5, 0.6) is 0 Å². The maximum absolute atomic E-state index is 10.5. The fraction of sp³-hybridized carbons (Fsp3) is 0.778. The van der Waals surface area contributed by atoms with Crippen LogP contribution < -0.4 is 0 Å². The van der Waals surface area contributed by atoms with Gasteiger partial charge < -0.3 is 0 Å². The first-order valence-electron chi connectivity index (χ1n) is 13.0. The molecule has 188 valence electrons. The second-order valence-corrected chi connectivity index (χ2v) is 12.1. The van der Waals surface area contributed by atoms with Gasteiger partial charge in [-0.2, -0.15) is 8.42 Å². The molecule has 0 aromatic heterocycles. The van der Waals surface area contributed by atoms with Gasteiger partial charge in [0.25, 0.3) is 10.1 Å². The number of aryl methyl sites for hydroxylation is 1. The van der Waals surface area contributed by atoms with Crippen LogP contribution in [0.1, 0.15) is 129 Å². The molecule has 5 heteroatoms. The van der Waals surface area contributed by atoms with E-state index in [4.69, 9.17) is 4.55 Å². The molecule has 0 radical (unpaired) electrons. The summed E-state index contributed by atoms with van der Waals surface area (Å²) in [6.45, 7) is 8.77. The molecule has 0 aliphatic heterocycles. The zero-order valence-electron chi connectivity index (χ0n) is 21.4. The van der Waals surface area contributed by atoms with Gasteiger partial charge in [-0.1, -0.05) is 122 Å². The number of hydrogen-bond acceptors (Lipinski definition) is 2. The van der Waals surface area contributed by atoms with Gasteiger partial charge in [-0.15, -0.1) is 9.24 Å². The standard InChI is InChI=1S/C20H43P.C7H8O3S/c1-4-7-10-13-16-19-20(21,17-14-11-8-5-2)18-15-12-9-6-3;1-6-2-4-7(5-3-6)11(8,9)10/h4-19,21H2,1-3H3;2-5H,1H3,(H,8,9,10). The highest BCUT2D eigenvalue weighted by Gasteiger charge is 2.22. The lowest BCUT2D eigenvalue weighted by atomic mass is 9.88. The predicted molar refractivity (Wildman–Crippen MR) is 144 cm³/mol. The van der Waals surface area contributed by atoms with Crippen molar-refractivity contribution in [3.63, 3.8) is 0 Å². The summed E-state index contributed by atoms with van der Waals surface area (Å²) in [6, 6.07) is 5.99. The average Bonchev–Trinajstić information content (AvgIpc) is 2.75. The molecular weight excluding hydrogens is 435 g/mol. The Hall–Kier alpha value is -0.440. The van der Waals surface area contributed by atoms with Gasteiger partial charge in [-0.25, -0.2) is 0 Å². The van der Waals surface area contributed by atoms with Crippen molar-refractivity contribution in [3.8, 4) is 0 Å². The number of hydrogen-bond donors (Lipinski definition) is 1. The molecule has 1 aromatic carbocycles. The molecule has 1 rings (SSSR count). The quantitative estimate of drug-likeness (QED) is 0.136. The number of rotatable bonds is 17. The molecule has 1 N–H and O–H groups in total. The predicted octanol–water partition coefficient (Wildman–Crippen LogP) is 9.14. The molecule has 0 amide bonds. The van der Waals surface area contributed by atoms with Crippen LogP contribution in [-0.2, 0) is 10.1 Å². The summed E-state index contributed by atoms with van der Waals surface area (Å²) in [5, 5.41) is 0.563. The van der Waals surface area contributed by atoms with E-state index >= 15 is 0 Å². The maximum atomic E-state index is 10.5. The zero-order chi connectivity index (χ0) is 24.3. The summed E-state index contributed by atoms with van der Waals surface area (Å²) in [4.78, 5) is -0.0666. The van der Waals surface area contributed by atoms with Crippen molar-refractivity contribution in [3.05, 3.63) is 29.8 Å². The van der Waals surface area contributed by atoms with Crippen LogP contribution in [0.15, 0.2) is 29.2 Å². The van der Waals surface area contributed by atoms with Gasteiger partial charge in [0, 0.05) is 0 Å². The fourth-order valence-electron chi connectivity index (χ4n) is 3.97. The Bertz CT molecular complexity index is 644. The molecule has 32 heavy (non-hydrogen) atoms. The van der Waals surface area contributed by atoms with Gasteiger partial charge in [-0.05, 0) is 43.5 Å². The number of unbranched alkanes of at least 4 members (excludes halogenated alkanes) is 10. The smallest absolute Gasteiger partial charge is 0.282 e. The minimum absolute atomic E-state index is 0.0666. The summed E-state index contributed by atoms with van der Waals surface area (Å²) in [5.41, 5.74) is 0.956. The Morgan fingerprint density at radius 1 is 0.688 bits per heavy atom. The second kappa shape index (κ2) is 18.9. The van der Waals surface area contributed by atoms with Gasteiger partial charge in [-0.3, -0.25) is 4.55 Å². The topological polar surface area (TPSA) is 54.4 Å². The third kappa shape index (κ3) is 17.1. The first kappa shape index (κ1) is 31.6. The van der Waals surface area contributed by atoms with Crippen molar-refractivity contribution in [2.75, 3.05) is 0 Å². The Morgan fingerprint density at radius 2 is 1.03 bits per heavy atom. The van der Waals surface area contributed by atoms with Crippen LogP contribution in [0.4, 0.5) is 0 Å². The maximum Gasteiger partial charge on any atom is 0.294 e. The first-order chi connectivity index (χ1) is 15.2. The van der Waals surface area contributed by atoms with Crippen molar-refractivity contribution in [1.29, 1.82) is 0 Å². The Kier molecular flexibility index (Phi) is 18.7. The van der Waals surface area contributed by atoms with Crippen molar-refractivity contribution < 1.29 is 13.0 Å².